The first kappa shape index (κ1) is 21.5. The summed E-state index contributed by atoms with van der Waals surface area (Å²) in [6, 6.07) is 11.2. The number of halogens is 1. The van der Waals surface area contributed by atoms with Crippen LogP contribution in [-0.4, -0.2) is 55.5 Å². The van der Waals surface area contributed by atoms with E-state index in [1.807, 2.05) is 6.07 Å². The predicted octanol–water partition coefficient (Wildman–Crippen LogP) is 3.74. The summed E-state index contributed by atoms with van der Waals surface area (Å²) in [5, 5.41) is 1.22. The minimum Gasteiger partial charge on any atom is -0.449 e. The molecule has 0 radical (unpaired) electrons. The zero-order valence-corrected chi connectivity index (χ0v) is 18.7. The van der Waals surface area contributed by atoms with Crippen molar-refractivity contribution in [1.82, 2.24) is 9.21 Å². The summed E-state index contributed by atoms with van der Waals surface area (Å²) in [6.45, 7) is 4.06. The number of piperazine rings is 1. The van der Waals surface area contributed by atoms with Crippen LogP contribution in [0.25, 0.3) is 11.0 Å². The second-order valence-corrected chi connectivity index (χ2v) is 9.79. The zero-order chi connectivity index (χ0) is 22.3. The molecule has 162 valence electrons. The summed E-state index contributed by atoms with van der Waals surface area (Å²) in [5.41, 5.74) is 1.64. The van der Waals surface area contributed by atoms with Gasteiger partial charge in [-0.05, 0) is 32.0 Å². The number of hydrogen-bond donors (Lipinski definition) is 0. The first-order chi connectivity index (χ1) is 14.7. The van der Waals surface area contributed by atoms with E-state index in [0.717, 1.165) is 5.39 Å². The normalized spacial score (nSPS) is 15.4. The number of aryl methyl sites for hydroxylation is 1. The molecule has 1 amide bonds. The van der Waals surface area contributed by atoms with Gasteiger partial charge in [-0.3, -0.25) is 9.59 Å². The predicted molar refractivity (Wildman–Crippen MR) is 117 cm³/mol. The van der Waals surface area contributed by atoms with Gasteiger partial charge in [0.15, 0.2) is 17.1 Å². The van der Waals surface area contributed by atoms with Crippen molar-refractivity contribution in [2.45, 2.75) is 18.7 Å². The lowest BCUT2D eigenvalue weighted by Crippen LogP contribution is -2.50. The average molecular weight is 461 g/mol. The Balaban J connectivity index is 1.49. The fraction of sp³-hybridized carbons (Fsp3) is 0.273. The molecule has 7 nitrogen and oxygen atoms in total. The van der Waals surface area contributed by atoms with Gasteiger partial charge in [-0.2, -0.15) is 4.31 Å². The summed E-state index contributed by atoms with van der Waals surface area (Å²) < 4.78 is 33.0. The van der Waals surface area contributed by atoms with E-state index in [0.29, 0.717) is 21.7 Å². The third-order valence-electron chi connectivity index (χ3n) is 5.53. The van der Waals surface area contributed by atoms with E-state index in [-0.39, 0.29) is 48.5 Å². The summed E-state index contributed by atoms with van der Waals surface area (Å²) in [7, 11) is -3.71. The van der Waals surface area contributed by atoms with Gasteiger partial charge >= 0.3 is 0 Å². The van der Waals surface area contributed by atoms with E-state index >= 15 is 0 Å². The highest BCUT2D eigenvalue weighted by molar-refractivity contribution is 7.89. The lowest BCUT2D eigenvalue weighted by molar-refractivity contribution is 0.0667. The third-order valence-corrected chi connectivity index (χ3v) is 7.74. The van der Waals surface area contributed by atoms with E-state index in [9.17, 15) is 18.0 Å². The zero-order valence-electron chi connectivity index (χ0n) is 17.1. The number of fused-ring (bicyclic) bond motifs is 1. The monoisotopic (exact) mass is 460 g/mol. The maximum absolute atomic E-state index is 13.0. The molecule has 0 aliphatic carbocycles. The number of furan rings is 1. The van der Waals surface area contributed by atoms with Crippen molar-refractivity contribution in [2.75, 3.05) is 26.2 Å². The molecule has 0 N–H and O–H groups in total. The second kappa shape index (κ2) is 8.11. The maximum Gasteiger partial charge on any atom is 0.289 e. The van der Waals surface area contributed by atoms with Gasteiger partial charge < -0.3 is 9.32 Å². The van der Waals surface area contributed by atoms with Gasteiger partial charge in [0.2, 0.25) is 10.0 Å². The van der Waals surface area contributed by atoms with E-state index in [1.54, 1.807) is 24.0 Å². The molecule has 0 unspecified atom stereocenters. The molecule has 3 aromatic rings. The lowest BCUT2D eigenvalue weighted by atomic mass is 10.1. The Morgan fingerprint density at radius 3 is 2.23 bits per heavy atom. The van der Waals surface area contributed by atoms with Crippen molar-refractivity contribution >= 4 is 44.3 Å². The molecule has 1 aromatic heterocycles. The molecule has 1 aliphatic heterocycles. The van der Waals surface area contributed by atoms with Crippen LogP contribution in [0.4, 0.5) is 0 Å². The van der Waals surface area contributed by atoms with Gasteiger partial charge in [0.05, 0.1) is 9.92 Å². The lowest BCUT2D eigenvalue weighted by Gasteiger charge is -2.33. The van der Waals surface area contributed by atoms with E-state index < -0.39 is 10.0 Å². The molecule has 9 heteroatoms. The standard InChI is InChI=1S/C22H21ClN2O5S/c1-14-18-4-3-5-19(23)21(18)30-20(14)22(27)24-10-12-25(13-11-24)31(28,29)17-8-6-16(7-9-17)15(2)26/h3-9H,10-13H2,1-2H3. The highest BCUT2D eigenvalue weighted by Gasteiger charge is 2.32. The molecular formula is C22H21ClN2O5S. The van der Waals surface area contributed by atoms with Crippen LogP contribution in [0.1, 0.15) is 33.4 Å². The van der Waals surface area contributed by atoms with E-state index in [1.165, 1.54) is 35.5 Å². The Morgan fingerprint density at radius 2 is 1.65 bits per heavy atom. The Morgan fingerprint density at radius 1 is 1.00 bits per heavy atom. The number of carbonyl (C=O) groups excluding carboxylic acids is 2. The van der Waals surface area contributed by atoms with Crippen molar-refractivity contribution in [3.63, 3.8) is 0 Å². The topological polar surface area (TPSA) is 87.9 Å². The molecule has 1 fully saturated rings. The van der Waals surface area contributed by atoms with Crippen molar-refractivity contribution < 1.29 is 22.4 Å². The van der Waals surface area contributed by atoms with Crippen LogP contribution in [0.3, 0.4) is 0 Å². The minimum atomic E-state index is -3.71. The number of para-hydroxylation sites is 1. The first-order valence-electron chi connectivity index (χ1n) is 9.78. The Bertz CT molecular complexity index is 1270. The molecule has 2 aromatic carbocycles. The number of benzene rings is 2. The van der Waals surface area contributed by atoms with Crippen molar-refractivity contribution in [1.29, 1.82) is 0 Å². The largest absolute Gasteiger partial charge is 0.449 e. The number of rotatable bonds is 4. The Labute approximate surface area is 185 Å². The highest BCUT2D eigenvalue weighted by atomic mass is 35.5. The van der Waals surface area contributed by atoms with Crippen LogP contribution in [0, 0.1) is 6.92 Å². The number of amides is 1. The number of sulfonamides is 1. The van der Waals surface area contributed by atoms with E-state index in [2.05, 4.69) is 0 Å². The molecular weight excluding hydrogens is 440 g/mol. The van der Waals surface area contributed by atoms with Gasteiger partial charge in [-0.15, -0.1) is 0 Å². The summed E-state index contributed by atoms with van der Waals surface area (Å²) in [4.78, 5) is 26.1. The van der Waals surface area contributed by atoms with E-state index in [4.69, 9.17) is 16.0 Å². The van der Waals surface area contributed by atoms with Gasteiger partial charge in [-0.1, -0.05) is 35.9 Å². The number of nitrogens with zero attached hydrogens (tertiary/aromatic N) is 2. The van der Waals surface area contributed by atoms with Crippen LogP contribution in [-0.2, 0) is 10.0 Å². The second-order valence-electron chi connectivity index (χ2n) is 7.45. The molecule has 1 saturated heterocycles. The van der Waals surface area contributed by atoms with Gasteiger partial charge in [-0.25, -0.2) is 8.42 Å². The van der Waals surface area contributed by atoms with Crippen LogP contribution < -0.4 is 0 Å². The molecule has 0 spiro atoms. The van der Waals surface area contributed by atoms with Gasteiger partial charge in [0.25, 0.3) is 5.91 Å². The average Bonchev–Trinajstić information content (AvgIpc) is 3.11. The summed E-state index contributed by atoms with van der Waals surface area (Å²) in [6.07, 6.45) is 0. The molecule has 4 rings (SSSR count). The van der Waals surface area contributed by atoms with Crippen LogP contribution in [0.15, 0.2) is 51.8 Å². The molecule has 1 aliphatic rings. The maximum atomic E-state index is 13.0. The third kappa shape index (κ3) is 3.86. The number of hydrogen-bond acceptors (Lipinski definition) is 5. The Hall–Kier alpha value is -2.68. The molecule has 0 saturated carbocycles. The fourth-order valence-corrected chi connectivity index (χ4v) is 5.33. The van der Waals surface area contributed by atoms with Crippen molar-refractivity contribution in [2.24, 2.45) is 0 Å². The molecule has 2 heterocycles. The quantitative estimate of drug-likeness (QED) is 0.553. The SMILES string of the molecule is CC(=O)c1ccc(S(=O)(=O)N2CCN(C(=O)c3oc4c(Cl)cccc4c3C)CC2)cc1. The van der Waals surface area contributed by atoms with Crippen LogP contribution >= 0.6 is 11.6 Å². The fourth-order valence-electron chi connectivity index (χ4n) is 3.70. The minimum absolute atomic E-state index is 0.125. The summed E-state index contributed by atoms with van der Waals surface area (Å²) >= 11 is 6.18. The number of ketones is 1. The highest BCUT2D eigenvalue weighted by Crippen LogP contribution is 2.31. The van der Waals surface area contributed by atoms with Crippen LogP contribution in [0.2, 0.25) is 5.02 Å². The molecule has 31 heavy (non-hydrogen) atoms. The van der Waals surface area contributed by atoms with Gasteiger partial charge in [0, 0.05) is 42.7 Å². The number of Topliss-reactive ketones (excluding diaryl/α,β-unsaturated/α-hetero) is 1. The van der Waals surface area contributed by atoms with Crippen molar-refractivity contribution in [3.05, 3.63) is 64.4 Å². The summed E-state index contributed by atoms with van der Waals surface area (Å²) in [5.74, 6) is -0.190. The van der Waals surface area contributed by atoms with Crippen LogP contribution in [0.5, 0.6) is 0 Å². The number of carbonyl (C=O) groups is 2. The first-order valence-corrected chi connectivity index (χ1v) is 11.6. The molecule has 0 bridgehead atoms. The molecule has 0 atom stereocenters. The van der Waals surface area contributed by atoms with Gasteiger partial charge in [0.1, 0.15) is 0 Å². The smallest absolute Gasteiger partial charge is 0.289 e. The van der Waals surface area contributed by atoms with Crippen molar-refractivity contribution in [3.8, 4) is 0 Å². The Kier molecular flexibility index (Phi) is 5.63.